The Morgan fingerprint density at radius 2 is 2.47 bits per heavy atom. The number of aromatic nitrogens is 1. The van der Waals surface area contributed by atoms with Gasteiger partial charge < -0.3 is 10.6 Å². The molecule has 0 saturated heterocycles. The smallest absolute Gasteiger partial charge is 0.233 e. The van der Waals surface area contributed by atoms with Gasteiger partial charge in [-0.1, -0.05) is 13.3 Å². The van der Waals surface area contributed by atoms with E-state index in [1.165, 1.54) is 0 Å². The number of carbonyl (C=O) groups excluding carboxylic acids is 1. The van der Waals surface area contributed by atoms with Crippen LogP contribution in [0.3, 0.4) is 0 Å². The molecule has 4 nitrogen and oxygen atoms in total. The number of hydrogen-bond acceptors (Lipinski definition) is 4. The van der Waals surface area contributed by atoms with Gasteiger partial charge in [0.25, 0.3) is 0 Å². The normalized spacial score (nSPS) is 10.2. The van der Waals surface area contributed by atoms with E-state index in [4.69, 9.17) is 0 Å². The van der Waals surface area contributed by atoms with Crippen LogP contribution in [0.5, 0.6) is 0 Å². The first-order valence-electron chi connectivity index (χ1n) is 5.17. The number of nitrogens with one attached hydrogen (secondary N) is 2. The molecule has 0 aliphatic rings. The molecule has 84 valence electrons. The molecule has 0 bridgehead atoms. The topological polar surface area (TPSA) is 54.0 Å². The fourth-order valence-electron chi connectivity index (χ4n) is 1.10. The summed E-state index contributed by atoms with van der Waals surface area (Å²) in [6.07, 6.45) is 3.96. The lowest BCUT2D eigenvalue weighted by molar-refractivity contribution is -0.120. The van der Waals surface area contributed by atoms with Crippen LogP contribution in [0.2, 0.25) is 0 Å². The van der Waals surface area contributed by atoms with Crippen LogP contribution < -0.4 is 10.6 Å². The van der Waals surface area contributed by atoms with E-state index in [-0.39, 0.29) is 5.91 Å². The van der Waals surface area contributed by atoms with Crippen molar-refractivity contribution in [3.8, 4) is 0 Å². The molecule has 0 aliphatic carbocycles. The molecule has 2 N–H and O–H groups in total. The van der Waals surface area contributed by atoms with Crippen molar-refractivity contribution in [3.63, 3.8) is 0 Å². The van der Waals surface area contributed by atoms with Crippen LogP contribution in [-0.2, 0) is 11.3 Å². The van der Waals surface area contributed by atoms with Crippen molar-refractivity contribution in [3.05, 3.63) is 16.6 Å². The third-order valence-corrected chi connectivity index (χ3v) is 2.70. The molecule has 1 aromatic rings. The molecule has 5 heteroatoms. The van der Waals surface area contributed by atoms with Crippen molar-refractivity contribution < 1.29 is 4.79 Å². The Labute approximate surface area is 94.1 Å². The third-order valence-electron chi connectivity index (χ3n) is 1.92. The van der Waals surface area contributed by atoms with Gasteiger partial charge in [-0.15, -0.1) is 11.3 Å². The second-order valence-corrected chi connectivity index (χ2v) is 4.25. The van der Waals surface area contributed by atoms with Crippen molar-refractivity contribution in [1.29, 1.82) is 0 Å². The summed E-state index contributed by atoms with van der Waals surface area (Å²) >= 11 is 1.59. The van der Waals surface area contributed by atoms with Crippen LogP contribution in [0.4, 0.5) is 0 Å². The van der Waals surface area contributed by atoms with Gasteiger partial charge >= 0.3 is 0 Å². The molecule has 1 heterocycles. The fourth-order valence-corrected chi connectivity index (χ4v) is 1.66. The number of amides is 1. The quantitative estimate of drug-likeness (QED) is 0.687. The Morgan fingerprint density at radius 1 is 1.60 bits per heavy atom. The van der Waals surface area contributed by atoms with Crippen molar-refractivity contribution in [2.45, 2.75) is 26.3 Å². The Hall–Kier alpha value is -0.940. The maximum Gasteiger partial charge on any atom is 0.233 e. The molecular weight excluding hydrogens is 210 g/mol. The molecule has 0 radical (unpaired) electrons. The highest BCUT2D eigenvalue weighted by Crippen LogP contribution is 2.03. The average Bonchev–Trinajstić information content (AvgIpc) is 2.71. The monoisotopic (exact) mass is 227 g/mol. The van der Waals surface area contributed by atoms with Gasteiger partial charge in [0.15, 0.2) is 0 Å². The number of thiazole rings is 1. The molecule has 1 aromatic heterocycles. The SMILES string of the molecule is CCCCNC(=O)CNCc1cncs1. The first kappa shape index (κ1) is 12.1. The maximum atomic E-state index is 11.3. The van der Waals surface area contributed by atoms with E-state index >= 15 is 0 Å². The number of rotatable bonds is 7. The summed E-state index contributed by atoms with van der Waals surface area (Å²) in [6, 6.07) is 0. The van der Waals surface area contributed by atoms with Gasteiger partial charge in [0.05, 0.1) is 12.1 Å². The second-order valence-electron chi connectivity index (χ2n) is 3.27. The number of carbonyl (C=O) groups is 1. The van der Waals surface area contributed by atoms with E-state index in [0.717, 1.165) is 24.3 Å². The summed E-state index contributed by atoms with van der Waals surface area (Å²) in [6.45, 7) is 3.97. The summed E-state index contributed by atoms with van der Waals surface area (Å²) in [4.78, 5) is 16.4. The summed E-state index contributed by atoms with van der Waals surface area (Å²) in [5.41, 5.74) is 1.79. The van der Waals surface area contributed by atoms with Crippen LogP contribution in [0.1, 0.15) is 24.6 Å². The Bertz CT molecular complexity index is 274. The van der Waals surface area contributed by atoms with Gasteiger partial charge in [0, 0.05) is 24.2 Å². The van der Waals surface area contributed by atoms with Crippen LogP contribution >= 0.6 is 11.3 Å². The predicted molar refractivity (Wildman–Crippen MR) is 61.7 cm³/mol. The molecule has 0 aromatic carbocycles. The molecule has 0 fully saturated rings. The van der Waals surface area contributed by atoms with E-state index in [0.29, 0.717) is 13.1 Å². The maximum absolute atomic E-state index is 11.3. The van der Waals surface area contributed by atoms with Gasteiger partial charge in [0.1, 0.15) is 0 Å². The number of unbranched alkanes of at least 4 members (excludes halogenated alkanes) is 1. The lowest BCUT2D eigenvalue weighted by Crippen LogP contribution is -2.33. The fraction of sp³-hybridized carbons (Fsp3) is 0.600. The van der Waals surface area contributed by atoms with Gasteiger partial charge in [-0.2, -0.15) is 0 Å². The standard InChI is InChI=1S/C10H17N3OS/c1-2-3-4-13-10(14)7-11-5-9-6-12-8-15-9/h6,8,11H,2-5,7H2,1H3,(H,13,14). The molecule has 0 unspecified atom stereocenters. The minimum atomic E-state index is 0.0629. The first-order chi connectivity index (χ1) is 7.33. The van der Waals surface area contributed by atoms with Gasteiger partial charge in [-0.25, -0.2) is 0 Å². The van der Waals surface area contributed by atoms with Crippen molar-refractivity contribution >= 4 is 17.2 Å². The number of nitrogens with zero attached hydrogens (tertiary/aromatic N) is 1. The molecule has 1 rings (SSSR count). The van der Waals surface area contributed by atoms with Crippen LogP contribution in [-0.4, -0.2) is 24.0 Å². The highest BCUT2D eigenvalue weighted by atomic mass is 32.1. The lowest BCUT2D eigenvalue weighted by Gasteiger charge is -2.04. The number of hydrogen-bond donors (Lipinski definition) is 2. The average molecular weight is 227 g/mol. The summed E-state index contributed by atoms with van der Waals surface area (Å²) in [7, 11) is 0. The van der Waals surface area contributed by atoms with Crippen molar-refractivity contribution in [1.82, 2.24) is 15.6 Å². The van der Waals surface area contributed by atoms with Gasteiger partial charge in [-0.3, -0.25) is 9.78 Å². The van der Waals surface area contributed by atoms with Gasteiger partial charge in [0.2, 0.25) is 5.91 Å². The minimum absolute atomic E-state index is 0.0629. The zero-order chi connectivity index (χ0) is 10.9. The third kappa shape index (κ3) is 5.49. The molecule has 0 spiro atoms. The highest BCUT2D eigenvalue weighted by Gasteiger charge is 1.99. The highest BCUT2D eigenvalue weighted by molar-refractivity contribution is 7.09. The molecule has 0 saturated carbocycles. The molecule has 0 atom stereocenters. The van der Waals surface area contributed by atoms with Crippen molar-refractivity contribution in [2.75, 3.05) is 13.1 Å². The molecule has 0 aliphatic heterocycles. The van der Waals surface area contributed by atoms with Crippen molar-refractivity contribution in [2.24, 2.45) is 0 Å². The second kappa shape index (κ2) is 7.36. The summed E-state index contributed by atoms with van der Waals surface area (Å²) in [5.74, 6) is 0.0629. The van der Waals surface area contributed by atoms with E-state index in [2.05, 4.69) is 22.5 Å². The van der Waals surface area contributed by atoms with Crippen LogP contribution in [0.25, 0.3) is 0 Å². The summed E-state index contributed by atoms with van der Waals surface area (Å²) < 4.78 is 0. The first-order valence-corrected chi connectivity index (χ1v) is 6.05. The summed E-state index contributed by atoms with van der Waals surface area (Å²) in [5, 5.41) is 5.92. The van der Waals surface area contributed by atoms with Gasteiger partial charge in [-0.05, 0) is 6.42 Å². The molecular formula is C10H17N3OS. The zero-order valence-electron chi connectivity index (χ0n) is 8.95. The Morgan fingerprint density at radius 3 is 3.13 bits per heavy atom. The molecule has 15 heavy (non-hydrogen) atoms. The predicted octanol–water partition coefficient (Wildman–Crippen LogP) is 1.15. The van der Waals surface area contributed by atoms with Crippen LogP contribution in [0.15, 0.2) is 11.7 Å². The Balaban J connectivity index is 2.02. The van der Waals surface area contributed by atoms with E-state index < -0.39 is 0 Å². The van der Waals surface area contributed by atoms with E-state index in [1.807, 2.05) is 6.20 Å². The lowest BCUT2D eigenvalue weighted by atomic mass is 10.3. The largest absolute Gasteiger partial charge is 0.355 e. The zero-order valence-corrected chi connectivity index (χ0v) is 9.77. The Kier molecular flexibility index (Phi) is 5.96. The molecule has 1 amide bonds. The van der Waals surface area contributed by atoms with E-state index in [9.17, 15) is 4.79 Å². The van der Waals surface area contributed by atoms with Crippen LogP contribution in [0, 0.1) is 0 Å². The van der Waals surface area contributed by atoms with E-state index in [1.54, 1.807) is 16.8 Å². The minimum Gasteiger partial charge on any atom is -0.355 e.